The minimum Gasteiger partial charge on any atom is -3.00 e. The molecule has 0 aliphatic heterocycles. The molecule has 0 unspecified atom stereocenters. The number of nitrogens with zero attached hydrogens (tertiary/aromatic N) is 8. The van der Waals surface area contributed by atoms with Crippen molar-refractivity contribution >= 4 is 52.8 Å². The Bertz CT molecular complexity index is 19.8. The van der Waals surface area contributed by atoms with E-state index in [9.17, 15) is 0 Å². The minimum atomic E-state index is 0. The Labute approximate surface area is 165 Å². The first-order chi connectivity index (χ1) is 0. The van der Waals surface area contributed by atoms with Gasteiger partial charge in [0.05, 0.1) is 0 Å². The zero-order valence-electron chi connectivity index (χ0n) is 6.58. The zero-order chi connectivity index (χ0) is 0. The molecule has 0 saturated carbocycles. The largest absolute Gasteiger partial charge is 4.00 e. The monoisotopic (exact) mass is 478 g/mol. The standard InChI is InChI=1S/3Ge.8N.3Ti/q3*+4;8*-3;3*+4. The Morgan fingerprint density at radius 2 is 0.214 bits per heavy atom. The first-order valence-electron chi connectivity index (χ1n) is 0. The normalized spacial score (nSPS) is 0. The second-order valence-corrected chi connectivity index (χ2v) is 0. The molecule has 0 aliphatic carbocycles. The van der Waals surface area contributed by atoms with Crippen LogP contribution in [0, 0.1) is 0 Å². The predicted molar refractivity (Wildman–Crippen MR) is 44.1 cm³/mol. The van der Waals surface area contributed by atoms with Crippen LogP contribution in [0.15, 0.2) is 0 Å². The van der Waals surface area contributed by atoms with Crippen molar-refractivity contribution in [2.75, 3.05) is 0 Å². The molecule has 0 amide bonds. The topological polar surface area (TPSA) is 244 Å². The Hall–Kier alpha value is 3.45. The van der Waals surface area contributed by atoms with Crippen LogP contribution < -0.4 is 0 Å². The average Bonchev–Trinajstić information content (AvgIpc) is 0. The fraction of sp³-hybridized carbons (Fsp3) is 0. The summed E-state index contributed by atoms with van der Waals surface area (Å²) in [5.41, 5.74) is 0. The summed E-state index contributed by atoms with van der Waals surface area (Å²) in [6, 6.07) is 0. The van der Waals surface area contributed by atoms with Crippen LogP contribution >= 0.6 is 0 Å². The van der Waals surface area contributed by atoms with E-state index in [-0.39, 0.29) is 167 Å². The molecule has 0 aromatic heterocycles. The van der Waals surface area contributed by atoms with Crippen LogP contribution in [0.2, 0.25) is 0 Å². The van der Waals surface area contributed by atoms with Crippen LogP contribution in [0.4, 0.5) is 0 Å². The van der Waals surface area contributed by atoms with Crippen molar-refractivity contribution in [2.24, 2.45) is 0 Å². The van der Waals surface area contributed by atoms with Crippen LogP contribution in [0.5, 0.6) is 0 Å². The van der Waals surface area contributed by atoms with E-state index in [0.29, 0.717) is 0 Å². The van der Waals surface area contributed by atoms with Crippen molar-refractivity contribution < 1.29 is 65.2 Å². The zero-order valence-corrected chi connectivity index (χ0v) is 17.6. The summed E-state index contributed by atoms with van der Waals surface area (Å²) in [7, 11) is 0. The molecule has 0 heterocycles. The Balaban J connectivity index is 0. The maximum atomic E-state index is 0. The summed E-state index contributed by atoms with van der Waals surface area (Å²) < 4.78 is 0. The van der Waals surface area contributed by atoms with E-state index < -0.39 is 0 Å². The Kier molecular flexibility index (Phi) is 9340. The van der Waals surface area contributed by atoms with E-state index >= 15 is 0 Å². The van der Waals surface area contributed by atoms with Crippen molar-refractivity contribution in [3.8, 4) is 0 Å². The van der Waals surface area contributed by atoms with Crippen LogP contribution in [0.1, 0.15) is 0 Å². The SMILES string of the molecule is [Ge+4].[Ge+4].[Ge+4].[N-3].[N-3].[N-3].[N-3].[N-3].[N-3].[N-3].[N-3].[Ti+4].[Ti+4].[Ti+4]. The molecule has 0 radical (unpaired) electrons. The maximum absolute atomic E-state index is 0. The third kappa shape index (κ3) is 271. The van der Waals surface area contributed by atoms with Crippen molar-refractivity contribution in [1.29, 1.82) is 0 Å². The summed E-state index contributed by atoms with van der Waals surface area (Å²) >= 11 is 0. The van der Waals surface area contributed by atoms with Crippen molar-refractivity contribution in [3.63, 3.8) is 0 Å². The van der Waals surface area contributed by atoms with Gasteiger partial charge < -0.3 is 49.2 Å². The van der Waals surface area contributed by atoms with Crippen molar-refractivity contribution in [3.05, 3.63) is 49.2 Å². The fourth-order valence-corrected chi connectivity index (χ4v) is 0. The number of hydrogen-bond donors (Lipinski definition) is 0. The van der Waals surface area contributed by atoms with E-state index in [1.807, 2.05) is 0 Å². The van der Waals surface area contributed by atoms with E-state index in [2.05, 4.69) is 0 Å². The van der Waals surface area contributed by atoms with Gasteiger partial charge in [0, 0.05) is 0 Å². The molecular formula is Ge3N8Ti3. The van der Waals surface area contributed by atoms with E-state index in [1.54, 1.807) is 0 Å². The third-order valence-corrected chi connectivity index (χ3v) is 0. The molecule has 0 rings (SSSR count). The third-order valence-electron chi connectivity index (χ3n) is 0. The molecule has 0 spiro atoms. The van der Waals surface area contributed by atoms with Crippen LogP contribution in [-0.2, 0) is 65.2 Å². The molecule has 8 nitrogen and oxygen atoms in total. The molecule has 0 aliphatic rings. The van der Waals surface area contributed by atoms with Gasteiger partial charge in [0.2, 0.25) is 0 Å². The van der Waals surface area contributed by atoms with Gasteiger partial charge in [0.15, 0.2) is 0 Å². The van der Waals surface area contributed by atoms with Gasteiger partial charge in [-0.25, -0.2) is 0 Å². The van der Waals surface area contributed by atoms with E-state index in [1.165, 1.54) is 0 Å². The molecule has 14 heteroatoms. The molecule has 0 fully saturated rings. The summed E-state index contributed by atoms with van der Waals surface area (Å²) in [4.78, 5) is 0. The molecule has 0 N–H and O–H groups in total. The van der Waals surface area contributed by atoms with Crippen molar-refractivity contribution in [1.82, 2.24) is 0 Å². The summed E-state index contributed by atoms with van der Waals surface area (Å²) in [5.74, 6) is 0. The second kappa shape index (κ2) is 330. The van der Waals surface area contributed by atoms with Gasteiger partial charge >= 0.3 is 118 Å². The van der Waals surface area contributed by atoms with E-state index in [4.69, 9.17) is 0 Å². The number of rotatable bonds is 0. The van der Waals surface area contributed by atoms with Gasteiger partial charge in [-0.1, -0.05) is 0 Å². The molecule has 14 heavy (non-hydrogen) atoms. The summed E-state index contributed by atoms with van der Waals surface area (Å²) in [6.45, 7) is 0. The molecule has 0 saturated heterocycles. The van der Waals surface area contributed by atoms with Crippen LogP contribution in [0.3, 0.4) is 0 Å². The summed E-state index contributed by atoms with van der Waals surface area (Å²) in [6.07, 6.45) is 0. The Morgan fingerprint density at radius 1 is 0.214 bits per heavy atom. The van der Waals surface area contributed by atoms with Crippen molar-refractivity contribution in [2.45, 2.75) is 0 Å². The predicted octanol–water partition coefficient (Wildman–Crippen LogP) is 1.16. The van der Waals surface area contributed by atoms with E-state index in [0.717, 1.165) is 0 Å². The minimum absolute atomic E-state index is 0. The first-order valence-corrected chi connectivity index (χ1v) is 0. The molecule has 0 bridgehead atoms. The van der Waals surface area contributed by atoms with Gasteiger partial charge in [0.1, 0.15) is 0 Å². The smallest absolute Gasteiger partial charge is 3.00 e. The van der Waals surface area contributed by atoms with Gasteiger partial charge in [-0.2, -0.15) is 0 Å². The quantitative estimate of drug-likeness (QED) is 0.449. The molecular weight excluding hydrogens is 473 g/mol. The van der Waals surface area contributed by atoms with Gasteiger partial charge in [0.25, 0.3) is 0 Å². The molecule has 0 atom stereocenters. The molecule has 64 valence electrons. The average molecular weight is 473 g/mol. The van der Waals surface area contributed by atoms with Crippen LogP contribution in [0.25, 0.3) is 49.2 Å². The number of hydrogen-bond acceptors (Lipinski definition) is 0. The van der Waals surface area contributed by atoms with Gasteiger partial charge in [-0.3, -0.25) is 0 Å². The van der Waals surface area contributed by atoms with Crippen LogP contribution in [-0.4, -0.2) is 52.8 Å². The molecule has 0 aromatic rings. The molecule has 0 aromatic carbocycles. The van der Waals surface area contributed by atoms with Gasteiger partial charge in [-0.05, 0) is 0 Å². The summed E-state index contributed by atoms with van der Waals surface area (Å²) in [5, 5.41) is 0. The Morgan fingerprint density at radius 3 is 0.214 bits per heavy atom. The van der Waals surface area contributed by atoms with Gasteiger partial charge in [-0.15, -0.1) is 0 Å². The second-order valence-electron chi connectivity index (χ2n) is 0. The maximum Gasteiger partial charge on any atom is 4.00 e. The first kappa shape index (κ1) is 396. The fourth-order valence-electron chi connectivity index (χ4n) is 0.